The molecule has 8 nitrogen and oxygen atoms in total. The van der Waals surface area contributed by atoms with Crippen LogP contribution in [0.2, 0.25) is 0 Å². The van der Waals surface area contributed by atoms with Gasteiger partial charge in [0.2, 0.25) is 5.13 Å². The Labute approximate surface area is 190 Å². The topological polar surface area (TPSA) is 81.5 Å². The number of aromatic nitrogens is 3. The summed E-state index contributed by atoms with van der Waals surface area (Å²) in [6, 6.07) is 11.5. The maximum absolute atomic E-state index is 11.9. The van der Waals surface area contributed by atoms with Crippen LogP contribution < -0.4 is 10.1 Å². The number of rotatable bonds is 11. The molecule has 0 bridgehead atoms. The third kappa shape index (κ3) is 6.84. The molecule has 1 aromatic carbocycles. The molecule has 0 saturated carbocycles. The van der Waals surface area contributed by atoms with E-state index in [4.69, 9.17) is 21.7 Å². The van der Waals surface area contributed by atoms with Gasteiger partial charge in [-0.1, -0.05) is 29.5 Å². The first kappa shape index (κ1) is 22.9. The van der Waals surface area contributed by atoms with Crippen LogP contribution in [0.5, 0.6) is 5.75 Å². The summed E-state index contributed by atoms with van der Waals surface area (Å²) in [6.07, 6.45) is 3.84. The van der Waals surface area contributed by atoms with Gasteiger partial charge in [-0.05, 0) is 42.9 Å². The van der Waals surface area contributed by atoms with Gasteiger partial charge in [-0.2, -0.15) is 0 Å². The van der Waals surface area contributed by atoms with Gasteiger partial charge in [-0.25, -0.2) is 4.68 Å². The van der Waals surface area contributed by atoms with Gasteiger partial charge in [-0.3, -0.25) is 14.7 Å². The molecule has 2 aromatic heterocycles. The molecule has 10 heteroatoms. The summed E-state index contributed by atoms with van der Waals surface area (Å²) in [5.41, 5.74) is 1.86. The number of hydrogen-bond acceptors (Lipinski definition) is 9. The minimum atomic E-state index is -0.223. The number of nitrogens with one attached hydrogen (secondary N) is 1. The van der Waals surface area contributed by atoms with E-state index in [-0.39, 0.29) is 12.4 Å². The smallest absolute Gasteiger partial charge is 0.307 e. The highest BCUT2D eigenvalue weighted by Crippen LogP contribution is 2.28. The largest absolute Gasteiger partial charge is 0.495 e. The maximum Gasteiger partial charge on any atom is 0.307 e. The van der Waals surface area contributed by atoms with Crippen LogP contribution >= 0.6 is 23.6 Å². The van der Waals surface area contributed by atoms with Crippen molar-refractivity contribution in [3.05, 3.63) is 58.3 Å². The van der Waals surface area contributed by atoms with Gasteiger partial charge in [0.25, 0.3) is 0 Å². The fourth-order valence-electron chi connectivity index (χ4n) is 2.93. The van der Waals surface area contributed by atoms with Crippen LogP contribution in [0.25, 0.3) is 0 Å². The van der Waals surface area contributed by atoms with E-state index in [1.54, 1.807) is 24.9 Å². The third-order valence-corrected chi connectivity index (χ3v) is 5.58. The van der Waals surface area contributed by atoms with Gasteiger partial charge in [0.05, 0.1) is 32.5 Å². The summed E-state index contributed by atoms with van der Waals surface area (Å²) in [4.78, 5) is 18.1. The zero-order chi connectivity index (χ0) is 22.1. The van der Waals surface area contributed by atoms with Crippen molar-refractivity contribution in [3.8, 4) is 5.75 Å². The van der Waals surface area contributed by atoms with Crippen LogP contribution in [-0.2, 0) is 22.7 Å². The highest BCUT2D eigenvalue weighted by atomic mass is 32.1. The molecule has 0 aliphatic carbocycles. The number of methoxy groups -OCH3 is 1. The number of para-hydroxylation sites is 2. The Bertz CT molecular complexity index is 1040. The predicted molar refractivity (Wildman–Crippen MR) is 123 cm³/mol. The first-order valence-electron chi connectivity index (χ1n) is 9.84. The molecule has 0 radical (unpaired) electrons. The van der Waals surface area contributed by atoms with Gasteiger partial charge in [-0.15, -0.1) is 5.10 Å². The molecule has 2 heterocycles. The Morgan fingerprint density at radius 2 is 2.13 bits per heavy atom. The van der Waals surface area contributed by atoms with Crippen molar-refractivity contribution in [1.29, 1.82) is 0 Å². The molecular weight excluding hydrogens is 434 g/mol. The Balaban J connectivity index is 1.73. The molecule has 0 saturated heterocycles. The van der Waals surface area contributed by atoms with Crippen molar-refractivity contribution >= 4 is 40.3 Å². The standard InChI is InChI=1S/C21H25N5O3S2/c1-3-29-19(27)10-12-25(14-16-7-6-11-22-13-16)15-26-21(30)31-20(24-26)23-17-8-4-5-9-18(17)28-2/h4-9,11,13H,3,10,12,14-15H2,1-2H3,(H,23,24). The van der Waals surface area contributed by atoms with E-state index in [1.165, 1.54) is 11.3 Å². The summed E-state index contributed by atoms with van der Waals surface area (Å²) in [5, 5.41) is 8.55. The van der Waals surface area contributed by atoms with Crippen molar-refractivity contribution in [1.82, 2.24) is 19.7 Å². The lowest BCUT2D eigenvalue weighted by Crippen LogP contribution is -2.29. The average Bonchev–Trinajstić information content (AvgIpc) is 3.12. The van der Waals surface area contributed by atoms with Crippen molar-refractivity contribution in [2.24, 2.45) is 0 Å². The first-order valence-corrected chi connectivity index (χ1v) is 11.1. The molecule has 31 heavy (non-hydrogen) atoms. The Hall–Kier alpha value is -2.82. The number of nitrogens with zero attached hydrogens (tertiary/aromatic N) is 4. The van der Waals surface area contributed by atoms with Crippen molar-refractivity contribution < 1.29 is 14.3 Å². The monoisotopic (exact) mass is 459 g/mol. The van der Waals surface area contributed by atoms with Crippen molar-refractivity contribution in [2.45, 2.75) is 26.6 Å². The van der Waals surface area contributed by atoms with Crippen LogP contribution in [0.15, 0.2) is 48.8 Å². The van der Waals surface area contributed by atoms with Crippen LogP contribution in [0.4, 0.5) is 10.8 Å². The van der Waals surface area contributed by atoms with Gasteiger partial charge in [0.1, 0.15) is 5.75 Å². The molecule has 1 N–H and O–H groups in total. The predicted octanol–water partition coefficient (Wildman–Crippen LogP) is 4.23. The molecule has 0 aliphatic heterocycles. The number of benzene rings is 1. The number of anilines is 2. The van der Waals surface area contributed by atoms with E-state index in [0.717, 1.165) is 17.0 Å². The van der Waals surface area contributed by atoms with E-state index >= 15 is 0 Å². The van der Waals surface area contributed by atoms with Gasteiger partial charge in [0, 0.05) is 25.5 Å². The number of ether oxygens (including phenoxy) is 2. The Kier molecular flexibility index (Phi) is 8.51. The van der Waals surface area contributed by atoms with E-state index in [9.17, 15) is 4.79 Å². The molecule has 0 amide bonds. The maximum atomic E-state index is 11.9. The molecule has 3 rings (SSSR count). The lowest BCUT2D eigenvalue weighted by Gasteiger charge is -2.21. The second-order valence-corrected chi connectivity index (χ2v) is 8.23. The normalized spacial score (nSPS) is 10.8. The molecule has 164 valence electrons. The average molecular weight is 460 g/mol. The summed E-state index contributed by atoms with van der Waals surface area (Å²) < 4.78 is 12.8. The number of carbonyl (C=O) groups excluding carboxylic acids is 1. The molecular formula is C21H25N5O3S2. The minimum absolute atomic E-state index is 0.223. The van der Waals surface area contributed by atoms with Gasteiger partial charge in [0.15, 0.2) is 3.95 Å². The van der Waals surface area contributed by atoms with Crippen molar-refractivity contribution in [2.75, 3.05) is 25.6 Å². The SMILES string of the molecule is CCOC(=O)CCN(Cc1cccnc1)Cn1nc(Nc2ccccc2OC)sc1=S. The van der Waals surface area contributed by atoms with E-state index in [2.05, 4.69) is 20.3 Å². The van der Waals surface area contributed by atoms with E-state index < -0.39 is 0 Å². The molecule has 0 spiro atoms. The molecule has 0 unspecified atom stereocenters. The molecule has 3 aromatic rings. The summed E-state index contributed by atoms with van der Waals surface area (Å²) >= 11 is 6.91. The zero-order valence-corrected chi connectivity index (χ0v) is 19.1. The second-order valence-electron chi connectivity index (χ2n) is 6.61. The number of esters is 1. The molecule has 0 atom stereocenters. The lowest BCUT2D eigenvalue weighted by atomic mass is 10.2. The minimum Gasteiger partial charge on any atom is -0.495 e. The summed E-state index contributed by atoms with van der Waals surface area (Å²) in [6.45, 7) is 3.74. The fraction of sp³-hybridized carbons (Fsp3) is 0.333. The van der Waals surface area contributed by atoms with Gasteiger partial charge >= 0.3 is 5.97 Å². The number of hydrogen-bond donors (Lipinski definition) is 1. The zero-order valence-electron chi connectivity index (χ0n) is 17.5. The van der Waals surface area contributed by atoms with Crippen LogP contribution in [-0.4, -0.2) is 45.9 Å². The summed E-state index contributed by atoms with van der Waals surface area (Å²) in [5.74, 6) is 0.502. The molecule has 0 fully saturated rings. The lowest BCUT2D eigenvalue weighted by molar-refractivity contribution is -0.143. The molecule has 0 aliphatic rings. The first-order chi connectivity index (χ1) is 15.1. The number of carbonyl (C=O) groups is 1. The number of pyridine rings is 1. The second kappa shape index (κ2) is 11.5. The van der Waals surface area contributed by atoms with E-state index in [1.807, 2.05) is 42.6 Å². The third-order valence-electron chi connectivity index (χ3n) is 4.36. The Morgan fingerprint density at radius 1 is 1.29 bits per heavy atom. The quantitative estimate of drug-likeness (QED) is 0.337. The van der Waals surface area contributed by atoms with Crippen LogP contribution in [0.1, 0.15) is 18.9 Å². The Morgan fingerprint density at radius 3 is 2.87 bits per heavy atom. The van der Waals surface area contributed by atoms with Crippen LogP contribution in [0.3, 0.4) is 0 Å². The fourth-order valence-corrected chi connectivity index (χ4v) is 3.94. The van der Waals surface area contributed by atoms with E-state index in [0.29, 0.717) is 35.5 Å². The highest BCUT2D eigenvalue weighted by Gasteiger charge is 2.14. The van der Waals surface area contributed by atoms with Gasteiger partial charge < -0.3 is 14.8 Å². The summed E-state index contributed by atoms with van der Waals surface area (Å²) in [7, 11) is 1.63. The van der Waals surface area contributed by atoms with Crippen LogP contribution in [0, 0.1) is 3.95 Å². The highest BCUT2D eigenvalue weighted by molar-refractivity contribution is 7.73. The van der Waals surface area contributed by atoms with Crippen molar-refractivity contribution in [3.63, 3.8) is 0 Å².